The fourth-order valence-corrected chi connectivity index (χ4v) is 3.13. The lowest BCUT2D eigenvalue weighted by Crippen LogP contribution is -2.27. The van der Waals surface area contributed by atoms with Crippen LogP contribution in [-0.4, -0.2) is 5.91 Å². The number of rotatable bonds is 8. The molecule has 0 aliphatic carbocycles. The zero-order valence-corrected chi connectivity index (χ0v) is 17.6. The lowest BCUT2D eigenvalue weighted by molar-refractivity contribution is 0.0903. The predicted molar refractivity (Wildman–Crippen MR) is 115 cm³/mol. The first-order chi connectivity index (χ1) is 14.0. The Balaban J connectivity index is 1.58. The third-order valence-electron chi connectivity index (χ3n) is 5.01. The number of ether oxygens (including phenoxy) is 1. The van der Waals surface area contributed by atoms with E-state index in [1.807, 2.05) is 12.1 Å². The van der Waals surface area contributed by atoms with Gasteiger partial charge in [-0.25, -0.2) is 0 Å². The van der Waals surface area contributed by atoms with Gasteiger partial charge in [0.05, 0.1) is 6.04 Å². The van der Waals surface area contributed by atoms with Crippen molar-refractivity contribution >= 4 is 5.91 Å². The molecule has 0 fully saturated rings. The second-order valence-corrected chi connectivity index (χ2v) is 7.62. The van der Waals surface area contributed by atoms with Crippen LogP contribution in [0, 0.1) is 6.92 Å². The van der Waals surface area contributed by atoms with Crippen molar-refractivity contribution in [2.24, 2.45) is 0 Å². The molecule has 1 N–H and O–H groups in total. The van der Waals surface area contributed by atoms with Gasteiger partial charge in [-0.15, -0.1) is 0 Å². The molecular formula is C25H29NO3. The predicted octanol–water partition coefficient (Wildman–Crippen LogP) is 6.17. The van der Waals surface area contributed by atoms with E-state index in [1.165, 1.54) is 11.1 Å². The molecular weight excluding hydrogens is 362 g/mol. The Bertz CT molecular complexity index is 923. The van der Waals surface area contributed by atoms with Crippen molar-refractivity contribution in [2.75, 3.05) is 0 Å². The lowest BCUT2D eigenvalue weighted by atomic mass is 10.0. The van der Waals surface area contributed by atoms with Gasteiger partial charge in [0.2, 0.25) is 0 Å². The summed E-state index contributed by atoms with van der Waals surface area (Å²) in [6.45, 7) is 8.70. The van der Waals surface area contributed by atoms with E-state index in [2.05, 4.69) is 69.4 Å². The van der Waals surface area contributed by atoms with Crippen molar-refractivity contribution in [3.05, 3.63) is 88.9 Å². The number of aryl methyl sites for hydroxylation is 1. The van der Waals surface area contributed by atoms with Crippen LogP contribution in [0.25, 0.3) is 0 Å². The summed E-state index contributed by atoms with van der Waals surface area (Å²) in [4.78, 5) is 12.6. The largest absolute Gasteiger partial charge is 0.486 e. The van der Waals surface area contributed by atoms with Gasteiger partial charge in [-0.05, 0) is 54.7 Å². The van der Waals surface area contributed by atoms with E-state index in [0.29, 0.717) is 17.4 Å². The smallest absolute Gasteiger partial charge is 0.287 e. The van der Waals surface area contributed by atoms with E-state index in [9.17, 15) is 4.79 Å². The number of hydrogen-bond donors (Lipinski definition) is 1. The lowest BCUT2D eigenvalue weighted by Gasteiger charge is -2.17. The summed E-state index contributed by atoms with van der Waals surface area (Å²) in [5.74, 6) is 1.96. The Morgan fingerprint density at radius 1 is 0.966 bits per heavy atom. The molecule has 1 unspecified atom stereocenters. The Morgan fingerprint density at radius 3 is 2.24 bits per heavy atom. The molecule has 0 spiro atoms. The van der Waals surface area contributed by atoms with Gasteiger partial charge in [-0.1, -0.05) is 62.7 Å². The molecule has 0 saturated heterocycles. The minimum atomic E-state index is -0.218. The first-order valence-corrected chi connectivity index (χ1v) is 10.1. The highest BCUT2D eigenvalue weighted by Crippen LogP contribution is 2.21. The minimum Gasteiger partial charge on any atom is -0.486 e. The minimum absolute atomic E-state index is 0.0487. The molecule has 2 aromatic carbocycles. The summed E-state index contributed by atoms with van der Waals surface area (Å²) < 4.78 is 11.5. The Kier molecular flexibility index (Phi) is 6.76. The van der Waals surface area contributed by atoms with E-state index < -0.39 is 0 Å². The molecule has 0 saturated carbocycles. The van der Waals surface area contributed by atoms with Gasteiger partial charge in [0.15, 0.2) is 5.76 Å². The van der Waals surface area contributed by atoms with Crippen molar-refractivity contribution in [1.29, 1.82) is 0 Å². The van der Waals surface area contributed by atoms with E-state index in [4.69, 9.17) is 9.15 Å². The standard InChI is InChI=1S/C25H29NO3/c1-5-23(20-8-6-18(4)7-9-20)26-25(27)24-15-14-22(29-24)16-28-21-12-10-19(11-13-21)17(2)3/h6-15,17,23H,5,16H2,1-4H3,(H,26,27). The van der Waals surface area contributed by atoms with Gasteiger partial charge in [0.25, 0.3) is 5.91 Å². The molecule has 29 heavy (non-hydrogen) atoms. The van der Waals surface area contributed by atoms with Crippen LogP contribution in [0.15, 0.2) is 65.1 Å². The second kappa shape index (κ2) is 9.46. The second-order valence-electron chi connectivity index (χ2n) is 7.62. The van der Waals surface area contributed by atoms with Crippen LogP contribution in [0.2, 0.25) is 0 Å². The SMILES string of the molecule is CCC(NC(=O)c1ccc(COc2ccc(C(C)C)cc2)o1)c1ccc(C)cc1. The molecule has 4 heteroatoms. The monoisotopic (exact) mass is 391 g/mol. The summed E-state index contributed by atoms with van der Waals surface area (Å²) >= 11 is 0. The number of furan rings is 1. The van der Waals surface area contributed by atoms with Crippen molar-refractivity contribution in [1.82, 2.24) is 5.32 Å². The van der Waals surface area contributed by atoms with Gasteiger partial charge < -0.3 is 14.5 Å². The van der Waals surface area contributed by atoms with Gasteiger partial charge >= 0.3 is 0 Å². The van der Waals surface area contributed by atoms with Crippen molar-refractivity contribution < 1.29 is 13.9 Å². The molecule has 0 aliphatic heterocycles. The molecule has 152 valence electrons. The number of amides is 1. The first kappa shape index (κ1) is 20.7. The Labute approximate surface area is 172 Å². The third kappa shape index (κ3) is 5.50. The normalized spacial score (nSPS) is 12.0. The van der Waals surface area contributed by atoms with E-state index in [0.717, 1.165) is 17.7 Å². The molecule has 0 radical (unpaired) electrons. The Hall–Kier alpha value is -3.01. The Morgan fingerprint density at radius 2 is 1.62 bits per heavy atom. The molecule has 1 atom stereocenters. The van der Waals surface area contributed by atoms with E-state index in [1.54, 1.807) is 12.1 Å². The average Bonchev–Trinajstić information content (AvgIpc) is 3.20. The number of benzene rings is 2. The maximum Gasteiger partial charge on any atom is 0.287 e. The molecule has 0 bridgehead atoms. The summed E-state index contributed by atoms with van der Waals surface area (Å²) in [7, 11) is 0. The number of hydrogen-bond acceptors (Lipinski definition) is 3. The van der Waals surface area contributed by atoms with Crippen molar-refractivity contribution in [3.63, 3.8) is 0 Å². The summed E-state index contributed by atoms with van der Waals surface area (Å²) in [5, 5.41) is 3.05. The van der Waals surface area contributed by atoms with Gasteiger partial charge in [0, 0.05) is 0 Å². The maximum atomic E-state index is 12.6. The van der Waals surface area contributed by atoms with Crippen LogP contribution in [0.3, 0.4) is 0 Å². The maximum absolute atomic E-state index is 12.6. The molecule has 4 nitrogen and oxygen atoms in total. The number of nitrogens with one attached hydrogen (secondary N) is 1. The summed E-state index contributed by atoms with van der Waals surface area (Å²) in [6, 6.07) is 19.7. The van der Waals surface area contributed by atoms with Crippen LogP contribution in [0.5, 0.6) is 5.75 Å². The highest BCUT2D eigenvalue weighted by molar-refractivity contribution is 5.91. The van der Waals surface area contributed by atoms with Gasteiger partial charge in [-0.2, -0.15) is 0 Å². The molecule has 3 rings (SSSR count). The molecule has 1 amide bonds. The highest BCUT2D eigenvalue weighted by Gasteiger charge is 2.17. The molecule has 1 aromatic heterocycles. The highest BCUT2D eigenvalue weighted by atomic mass is 16.5. The van der Waals surface area contributed by atoms with Crippen LogP contribution < -0.4 is 10.1 Å². The number of carbonyl (C=O) groups excluding carboxylic acids is 1. The number of carbonyl (C=O) groups is 1. The van der Waals surface area contributed by atoms with Crippen LogP contribution in [-0.2, 0) is 6.61 Å². The fourth-order valence-electron chi connectivity index (χ4n) is 3.13. The summed E-state index contributed by atoms with van der Waals surface area (Å²) in [5.41, 5.74) is 3.56. The van der Waals surface area contributed by atoms with Crippen molar-refractivity contribution in [2.45, 2.75) is 52.7 Å². The van der Waals surface area contributed by atoms with Gasteiger partial charge in [-0.3, -0.25) is 4.79 Å². The zero-order chi connectivity index (χ0) is 20.8. The van der Waals surface area contributed by atoms with E-state index >= 15 is 0 Å². The van der Waals surface area contributed by atoms with E-state index in [-0.39, 0.29) is 18.6 Å². The summed E-state index contributed by atoms with van der Waals surface area (Å²) in [6.07, 6.45) is 0.803. The zero-order valence-electron chi connectivity index (χ0n) is 17.6. The van der Waals surface area contributed by atoms with Crippen LogP contribution in [0.4, 0.5) is 0 Å². The third-order valence-corrected chi connectivity index (χ3v) is 5.01. The fraction of sp³-hybridized carbons (Fsp3) is 0.320. The average molecular weight is 392 g/mol. The van der Waals surface area contributed by atoms with Gasteiger partial charge in [0.1, 0.15) is 18.1 Å². The van der Waals surface area contributed by atoms with Crippen molar-refractivity contribution in [3.8, 4) is 5.75 Å². The van der Waals surface area contributed by atoms with Crippen LogP contribution >= 0.6 is 0 Å². The van der Waals surface area contributed by atoms with Crippen LogP contribution in [0.1, 0.15) is 72.2 Å². The quantitative estimate of drug-likeness (QED) is 0.499. The topological polar surface area (TPSA) is 51.5 Å². The molecule has 1 heterocycles. The molecule has 0 aliphatic rings. The molecule has 3 aromatic rings. The first-order valence-electron chi connectivity index (χ1n) is 10.1.